The molecule has 4 nitrogen and oxygen atoms in total. The summed E-state index contributed by atoms with van der Waals surface area (Å²) in [5.74, 6) is 0.321. The third kappa shape index (κ3) is 4.41. The fourth-order valence-corrected chi connectivity index (χ4v) is 5.19. The highest BCUT2D eigenvalue weighted by molar-refractivity contribution is 7.09. The molecule has 1 aromatic carbocycles. The maximum absolute atomic E-state index is 12.5. The van der Waals surface area contributed by atoms with Crippen LogP contribution in [0.1, 0.15) is 48.9 Å². The lowest BCUT2D eigenvalue weighted by molar-refractivity contribution is -0.140. The Morgan fingerprint density at radius 1 is 1.11 bits per heavy atom. The molecule has 27 heavy (non-hydrogen) atoms. The average Bonchev–Trinajstić information content (AvgIpc) is 3.15. The van der Waals surface area contributed by atoms with Crippen LogP contribution in [0.5, 0.6) is 0 Å². The molecule has 1 aromatic heterocycles. The zero-order chi connectivity index (χ0) is 18.7. The first-order valence-corrected chi connectivity index (χ1v) is 11.0. The smallest absolute Gasteiger partial charge is 0.222 e. The number of piperidine rings is 2. The number of nitrogens with zero attached hydrogens (tertiary/aromatic N) is 3. The van der Waals surface area contributed by atoms with Gasteiger partial charge in [-0.15, -0.1) is 11.3 Å². The van der Waals surface area contributed by atoms with Gasteiger partial charge in [-0.05, 0) is 49.8 Å². The van der Waals surface area contributed by atoms with Crippen molar-refractivity contribution in [1.82, 2.24) is 14.8 Å². The van der Waals surface area contributed by atoms with E-state index >= 15 is 0 Å². The molecule has 0 N–H and O–H groups in total. The molecule has 2 aliphatic rings. The Morgan fingerprint density at radius 2 is 1.89 bits per heavy atom. The van der Waals surface area contributed by atoms with Gasteiger partial charge in [0.05, 0.1) is 10.7 Å². The van der Waals surface area contributed by atoms with E-state index in [-0.39, 0.29) is 0 Å². The molecule has 2 fully saturated rings. The molecule has 0 atom stereocenters. The maximum Gasteiger partial charge on any atom is 0.222 e. The maximum atomic E-state index is 12.5. The van der Waals surface area contributed by atoms with Gasteiger partial charge < -0.3 is 4.90 Å². The molecule has 0 radical (unpaired) electrons. The van der Waals surface area contributed by atoms with Crippen molar-refractivity contribution in [1.29, 1.82) is 0 Å². The number of aromatic nitrogens is 1. The topological polar surface area (TPSA) is 36.4 Å². The van der Waals surface area contributed by atoms with Crippen LogP contribution in [0, 0.1) is 5.41 Å². The number of carbonyl (C=O) groups excluding carboxylic acids is 1. The van der Waals surface area contributed by atoms with E-state index in [0.29, 0.717) is 17.7 Å². The van der Waals surface area contributed by atoms with Crippen molar-refractivity contribution in [3.63, 3.8) is 0 Å². The molecule has 3 heterocycles. The first-order chi connectivity index (χ1) is 13.2. The molecule has 0 unspecified atom stereocenters. The van der Waals surface area contributed by atoms with Crippen LogP contribution in [0.3, 0.4) is 0 Å². The second-order valence-electron chi connectivity index (χ2n) is 8.10. The third-order valence-corrected chi connectivity index (χ3v) is 7.21. The van der Waals surface area contributed by atoms with Gasteiger partial charge in [-0.2, -0.15) is 0 Å². The SMILES string of the molecule is CCc1nc(CN2CCC3(CCC(=O)N(Cc4ccccc4)C3)CC2)cs1. The van der Waals surface area contributed by atoms with Crippen LogP contribution in [-0.4, -0.2) is 40.3 Å². The summed E-state index contributed by atoms with van der Waals surface area (Å²) in [4.78, 5) is 21.8. The second-order valence-corrected chi connectivity index (χ2v) is 9.04. The molecule has 0 bridgehead atoms. The average molecular weight is 384 g/mol. The normalized spacial score (nSPS) is 20.3. The molecule has 2 aromatic rings. The van der Waals surface area contributed by atoms with Crippen molar-refractivity contribution < 1.29 is 4.79 Å². The molecule has 0 aliphatic carbocycles. The second kappa shape index (κ2) is 8.11. The number of aryl methyl sites for hydroxylation is 1. The number of likely N-dealkylation sites (tertiary alicyclic amines) is 2. The van der Waals surface area contributed by atoms with Gasteiger partial charge in [0.1, 0.15) is 0 Å². The summed E-state index contributed by atoms with van der Waals surface area (Å²) in [5.41, 5.74) is 2.77. The van der Waals surface area contributed by atoms with Crippen LogP contribution in [0.4, 0.5) is 0 Å². The molecule has 0 saturated carbocycles. The summed E-state index contributed by atoms with van der Waals surface area (Å²) in [6, 6.07) is 10.4. The lowest BCUT2D eigenvalue weighted by Crippen LogP contribution is -2.51. The highest BCUT2D eigenvalue weighted by atomic mass is 32.1. The van der Waals surface area contributed by atoms with Crippen molar-refractivity contribution in [2.24, 2.45) is 5.41 Å². The zero-order valence-electron chi connectivity index (χ0n) is 16.2. The Morgan fingerprint density at radius 3 is 2.59 bits per heavy atom. The van der Waals surface area contributed by atoms with Gasteiger partial charge in [0.25, 0.3) is 0 Å². The lowest BCUT2D eigenvalue weighted by Gasteiger charge is -2.47. The minimum absolute atomic E-state index is 0.315. The van der Waals surface area contributed by atoms with Gasteiger partial charge in [0, 0.05) is 31.4 Å². The molecule has 144 valence electrons. The van der Waals surface area contributed by atoms with E-state index in [1.807, 2.05) is 6.07 Å². The Bertz CT molecular complexity index is 765. The van der Waals surface area contributed by atoms with E-state index in [9.17, 15) is 4.79 Å². The van der Waals surface area contributed by atoms with Crippen LogP contribution >= 0.6 is 11.3 Å². The first-order valence-electron chi connectivity index (χ1n) is 10.1. The Balaban J connectivity index is 1.34. The number of benzene rings is 1. The Hall–Kier alpha value is -1.72. The van der Waals surface area contributed by atoms with E-state index in [2.05, 4.69) is 46.4 Å². The van der Waals surface area contributed by atoms with Gasteiger partial charge in [-0.25, -0.2) is 4.98 Å². The molecule has 5 heteroatoms. The van der Waals surface area contributed by atoms with Gasteiger partial charge in [-0.3, -0.25) is 9.69 Å². The van der Waals surface area contributed by atoms with Gasteiger partial charge in [0.2, 0.25) is 5.91 Å². The van der Waals surface area contributed by atoms with Crippen LogP contribution in [0.25, 0.3) is 0 Å². The summed E-state index contributed by atoms with van der Waals surface area (Å²) in [6.07, 6.45) is 5.17. The zero-order valence-corrected chi connectivity index (χ0v) is 17.0. The van der Waals surface area contributed by atoms with Gasteiger partial charge >= 0.3 is 0 Å². The number of thiazole rings is 1. The first kappa shape index (κ1) is 18.6. The van der Waals surface area contributed by atoms with Crippen molar-refractivity contribution in [3.8, 4) is 0 Å². The highest BCUT2D eigenvalue weighted by Gasteiger charge is 2.40. The van der Waals surface area contributed by atoms with E-state index in [0.717, 1.165) is 45.6 Å². The molecule has 2 saturated heterocycles. The number of amides is 1. The van der Waals surface area contributed by atoms with Gasteiger partial charge in [0.15, 0.2) is 0 Å². The largest absolute Gasteiger partial charge is 0.338 e. The summed E-state index contributed by atoms with van der Waals surface area (Å²) in [6.45, 7) is 7.05. The predicted octanol–water partition coefficient (Wildman–Crippen LogP) is 4.11. The summed E-state index contributed by atoms with van der Waals surface area (Å²) >= 11 is 1.78. The number of carbonyl (C=O) groups is 1. The van der Waals surface area contributed by atoms with Crippen LogP contribution < -0.4 is 0 Å². The molecule has 1 spiro atoms. The molecular formula is C22H29N3OS. The molecular weight excluding hydrogens is 354 g/mol. The molecule has 2 aliphatic heterocycles. The number of hydrogen-bond donors (Lipinski definition) is 0. The Labute approximate surface area is 166 Å². The summed E-state index contributed by atoms with van der Waals surface area (Å²) in [5, 5.41) is 3.45. The quantitative estimate of drug-likeness (QED) is 0.780. The number of hydrogen-bond acceptors (Lipinski definition) is 4. The van der Waals surface area contributed by atoms with Gasteiger partial charge in [-0.1, -0.05) is 37.3 Å². The fraction of sp³-hybridized carbons (Fsp3) is 0.545. The van der Waals surface area contributed by atoms with E-state index in [1.165, 1.54) is 29.1 Å². The van der Waals surface area contributed by atoms with Crippen molar-refractivity contribution in [3.05, 3.63) is 52.0 Å². The Kier molecular flexibility index (Phi) is 5.60. The van der Waals surface area contributed by atoms with Crippen LogP contribution in [0.2, 0.25) is 0 Å². The summed E-state index contributed by atoms with van der Waals surface area (Å²) < 4.78 is 0. The minimum atomic E-state index is 0.315. The van der Waals surface area contributed by atoms with E-state index < -0.39 is 0 Å². The monoisotopic (exact) mass is 383 g/mol. The lowest BCUT2D eigenvalue weighted by atomic mass is 9.72. The number of rotatable bonds is 5. The fourth-order valence-electron chi connectivity index (χ4n) is 4.46. The van der Waals surface area contributed by atoms with Crippen molar-refractivity contribution in [2.45, 2.75) is 52.1 Å². The highest BCUT2D eigenvalue weighted by Crippen LogP contribution is 2.40. The summed E-state index contributed by atoms with van der Waals surface area (Å²) in [7, 11) is 0. The van der Waals surface area contributed by atoms with Crippen molar-refractivity contribution in [2.75, 3.05) is 19.6 Å². The molecule has 1 amide bonds. The van der Waals surface area contributed by atoms with E-state index in [4.69, 9.17) is 4.98 Å². The minimum Gasteiger partial charge on any atom is -0.338 e. The predicted molar refractivity (Wildman–Crippen MR) is 110 cm³/mol. The van der Waals surface area contributed by atoms with E-state index in [1.54, 1.807) is 11.3 Å². The van der Waals surface area contributed by atoms with Crippen LogP contribution in [0.15, 0.2) is 35.7 Å². The van der Waals surface area contributed by atoms with Crippen molar-refractivity contribution >= 4 is 17.2 Å². The standard InChI is InChI=1S/C22H29N3OS/c1-2-20-23-19(16-27-20)15-24-12-10-22(11-13-24)9-8-21(26)25(17-22)14-18-6-4-3-5-7-18/h3-7,16H,2,8-15,17H2,1H3. The third-order valence-electron chi connectivity index (χ3n) is 6.17. The van der Waals surface area contributed by atoms with Crippen LogP contribution in [-0.2, 0) is 24.3 Å². The molecule has 4 rings (SSSR count).